The van der Waals surface area contributed by atoms with Gasteiger partial charge in [-0.1, -0.05) is 0 Å². The average molecular weight is 188 g/mol. The monoisotopic (exact) mass is 188 g/mol. The quantitative estimate of drug-likeness (QED) is 0.656. The smallest absolute Gasteiger partial charge is 0.169 e. The highest BCUT2D eigenvalue weighted by Gasteiger charge is 2.17. The predicted octanol–water partition coefficient (Wildman–Crippen LogP) is 0.601. The molecule has 0 aliphatic carbocycles. The minimum Gasteiger partial charge on any atom is -0.383 e. The van der Waals surface area contributed by atoms with Crippen molar-refractivity contribution in [2.45, 2.75) is 19.4 Å². The van der Waals surface area contributed by atoms with Gasteiger partial charge in [-0.25, -0.2) is 0 Å². The second kappa shape index (κ2) is 4.62. The first-order valence-corrected chi connectivity index (χ1v) is 4.69. The maximum Gasteiger partial charge on any atom is 0.169 e. The third kappa shape index (κ3) is 2.60. The highest BCUT2D eigenvalue weighted by Crippen LogP contribution is 2.05. The first-order chi connectivity index (χ1) is 5.74. The van der Waals surface area contributed by atoms with Crippen molar-refractivity contribution >= 4 is 17.3 Å². The van der Waals surface area contributed by atoms with Crippen molar-refractivity contribution in [2.24, 2.45) is 0 Å². The van der Waals surface area contributed by atoms with Gasteiger partial charge >= 0.3 is 0 Å². The summed E-state index contributed by atoms with van der Waals surface area (Å²) < 4.78 is 5.00. The van der Waals surface area contributed by atoms with Gasteiger partial charge in [-0.05, 0) is 25.6 Å². The standard InChI is InChI=1S/C8H16N2OS/c1-7(6-11-2)9-8(12)10-4-3-5-10/h7H,3-6H2,1-2H3,(H,9,12). The first kappa shape index (κ1) is 9.74. The molecule has 1 aliphatic heterocycles. The molecule has 4 heteroatoms. The number of ether oxygens (including phenoxy) is 1. The zero-order chi connectivity index (χ0) is 8.97. The van der Waals surface area contributed by atoms with Gasteiger partial charge in [0.2, 0.25) is 0 Å². The summed E-state index contributed by atoms with van der Waals surface area (Å²) in [5.41, 5.74) is 0. The molecule has 1 rings (SSSR count). The van der Waals surface area contributed by atoms with E-state index < -0.39 is 0 Å². The SMILES string of the molecule is COCC(C)NC(=S)N1CCC1. The van der Waals surface area contributed by atoms with Gasteiger partial charge in [0.25, 0.3) is 0 Å². The van der Waals surface area contributed by atoms with Crippen LogP contribution in [0.25, 0.3) is 0 Å². The summed E-state index contributed by atoms with van der Waals surface area (Å²) in [5.74, 6) is 0. The molecule has 70 valence electrons. The largest absolute Gasteiger partial charge is 0.383 e. The van der Waals surface area contributed by atoms with Crippen molar-refractivity contribution in [1.82, 2.24) is 10.2 Å². The van der Waals surface area contributed by atoms with E-state index in [1.165, 1.54) is 6.42 Å². The zero-order valence-corrected chi connectivity index (χ0v) is 8.49. The molecular weight excluding hydrogens is 172 g/mol. The van der Waals surface area contributed by atoms with E-state index in [0.29, 0.717) is 12.6 Å². The van der Waals surface area contributed by atoms with Crippen LogP contribution in [0.5, 0.6) is 0 Å². The van der Waals surface area contributed by atoms with E-state index in [2.05, 4.69) is 17.1 Å². The van der Waals surface area contributed by atoms with Crippen LogP contribution in [0, 0.1) is 0 Å². The van der Waals surface area contributed by atoms with Gasteiger partial charge < -0.3 is 15.0 Å². The molecular formula is C8H16N2OS. The Labute approximate surface area is 79.1 Å². The minimum atomic E-state index is 0.308. The Kier molecular flexibility index (Phi) is 3.75. The summed E-state index contributed by atoms with van der Waals surface area (Å²) in [7, 11) is 1.70. The minimum absolute atomic E-state index is 0.308. The molecule has 0 amide bonds. The van der Waals surface area contributed by atoms with Gasteiger partial charge in [-0.2, -0.15) is 0 Å². The molecule has 1 unspecified atom stereocenters. The summed E-state index contributed by atoms with van der Waals surface area (Å²) in [4.78, 5) is 2.17. The van der Waals surface area contributed by atoms with Crippen LogP contribution in [0.4, 0.5) is 0 Å². The molecule has 1 N–H and O–H groups in total. The predicted molar refractivity (Wildman–Crippen MR) is 53.3 cm³/mol. The number of likely N-dealkylation sites (tertiary alicyclic amines) is 1. The third-order valence-corrected chi connectivity index (χ3v) is 2.31. The fourth-order valence-corrected chi connectivity index (χ4v) is 1.50. The molecule has 12 heavy (non-hydrogen) atoms. The Morgan fingerprint density at radius 2 is 2.33 bits per heavy atom. The maximum absolute atomic E-state index is 5.18. The van der Waals surface area contributed by atoms with Gasteiger partial charge in [-0.15, -0.1) is 0 Å². The second-order valence-corrected chi connectivity index (χ2v) is 3.53. The van der Waals surface area contributed by atoms with Crippen LogP contribution in [0.1, 0.15) is 13.3 Å². The maximum atomic E-state index is 5.18. The van der Waals surface area contributed by atoms with Gasteiger partial charge in [0, 0.05) is 26.2 Å². The normalized spacial score (nSPS) is 18.3. The van der Waals surface area contributed by atoms with E-state index >= 15 is 0 Å². The van der Waals surface area contributed by atoms with Crippen molar-refractivity contribution in [1.29, 1.82) is 0 Å². The number of methoxy groups -OCH3 is 1. The van der Waals surface area contributed by atoms with E-state index in [1.807, 2.05) is 0 Å². The average Bonchev–Trinajstić information content (AvgIpc) is 1.82. The molecule has 0 bridgehead atoms. The van der Waals surface area contributed by atoms with Crippen LogP contribution < -0.4 is 5.32 Å². The lowest BCUT2D eigenvalue weighted by Crippen LogP contribution is -2.50. The Hall–Kier alpha value is -0.350. The molecule has 1 atom stereocenters. The number of nitrogens with zero attached hydrogens (tertiary/aromatic N) is 1. The van der Waals surface area contributed by atoms with E-state index in [0.717, 1.165) is 18.2 Å². The number of rotatable bonds is 3. The molecule has 1 heterocycles. The van der Waals surface area contributed by atoms with Gasteiger partial charge in [0.05, 0.1) is 6.61 Å². The number of nitrogens with one attached hydrogen (secondary N) is 1. The molecule has 0 aromatic carbocycles. The highest BCUT2D eigenvalue weighted by molar-refractivity contribution is 7.80. The molecule has 3 nitrogen and oxygen atoms in total. The van der Waals surface area contributed by atoms with Crippen LogP contribution in [-0.2, 0) is 4.74 Å². The molecule has 0 saturated carbocycles. The van der Waals surface area contributed by atoms with Crippen molar-refractivity contribution < 1.29 is 4.74 Å². The van der Waals surface area contributed by atoms with Crippen LogP contribution in [0.2, 0.25) is 0 Å². The van der Waals surface area contributed by atoms with Crippen molar-refractivity contribution in [3.63, 3.8) is 0 Å². The number of hydrogen-bond acceptors (Lipinski definition) is 2. The molecule has 0 aromatic heterocycles. The summed E-state index contributed by atoms with van der Waals surface area (Å²) >= 11 is 5.18. The lowest BCUT2D eigenvalue weighted by atomic mass is 10.2. The summed E-state index contributed by atoms with van der Waals surface area (Å²) in [6.07, 6.45) is 1.26. The summed E-state index contributed by atoms with van der Waals surface area (Å²) in [5, 5.41) is 4.08. The van der Waals surface area contributed by atoms with Crippen molar-refractivity contribution in [3.8, 4) is 0 Å². The molecule has 0 radical (unpaired) electrons. The Morgan fingerprint density at radius 1 is 1.67 bits per heavy atom. The third-order valence-electron chi connectivity index (χ3n) is 1.93. The lowest BCUT2D eigenvalue weighted by molar-refractivity contribution is 0.176. The van der Waals surface area contributed by atoms with E-state index in [1.54, 1.807) is 7.11 Å². The fourth-order valence-electron chi connectivity index (χ4n) is 1.11. The van der Waals surface area contributed by atoms with Crippen LogP contribution >= 0.6 is 12.2 Å². The van der Waals surface area contributed by atoms with Crippen molar-refractivity contribution in [2.75, 3.05) is 26.8 Å². The number of hydrogen-bond donors (Lipinski definition) is 1. The highest BCUT2D eigenvalue weighted by atomic mass is 32.1. The fraction of sp³-hybridized carbons (Fsp3) is 0.875. The summed E-state index contributed by atoms with van der Waals surface area (Å²) in [6.45, 7) is 4.97. The summed E-state index contributed by atoms with van der Waals surface area (Å²) in [6, 6.07) is 0.308. The van der Waals surface area contributed by atoms with E-state index in [-0.39, 0.29) is 0 Å². The van der Waals surface area contributed by atoms with E-state index in [4.69, 9.17) is 17.0 Å². The Balaban J connectivity index is 2.15. The lowest BCUT2D eigenvalue weighted by Gasteiger charge is -2.34. The zero-order valence-electron chi connectivity index (χ0n) is 7.67. The topological polar surface area (TPSA) is 24.5 Å². The Bertz CT molecular complexity index is 159. The van der Waals surface area contributed by atoms with Gasteiger partial charge in [0.15, 0.2) is 5.11 Å². The van der Waals surface area contributed by atoms with Crippen molar-refractivity contribution in [3.05, 3.63) is 0 Å². The van der Waals surface area contributed by atoms with Crippen LogP contribution in [0.3, 0.4) is 0 Å². The molecule has 1 aliphatic rings. The van der Waals surface area contributed by atoms with E-state index in [9.17, 15) is 0 Å². The van der Waals surface area contributed by atoms with Gasteiger partial charge in [0.1, 0.15) is 0 Å². The molecule has 1 saturated heterocycles. The van der Waals surface area contributed by atoms with Crippen LogP contribution in [-0.4, -0.2) is 42.9 Å². The van der Waals surface area contributed by atoms with Gasteiger partial charge in [-0.3, -0.25) is 0 Å². The first-order valence-electron chi connectivity index (χ1n) is 4.28. The van der Waals surface area contributed by atoms with Crippen LogP contribution in [0.15, 0.2) is 0 Å². The number of thiocarbonyl (C=S) groups is 1. The molecule has 1 fully saturated rings. The second-order valence-electron chi connectivity index (χ2n) is 3.15. The molecule has 0 aromatic rings. The molecule has 0 spiro atoms. The Morgan fingerprint density at radius 3 is 2.75 bits per heavy atom.